The second-order valence-corrected chi connectivity index (χ2v) is 8.61. The predicted octanol–water partition coefficient (Wildman–Crippen LogP) is 3.90. The van der Waals surface area contributed by atoms with E-state index in [1.807, 2.05) is 0 Å². The first-order valence-corrected chi connectivity index (χ1v) is 10.8. The van der Waals surface area contributed by atoms with Crippen molar-refractivity contribution in [3.63, 3.8) is 0 Å². The van der Waals surface area contributed by atoms with Gasteiger partial charge in [-0.25, -0.2) is 22.5 Å². The molecule has 1 aromatic carbocycles. The summed E-state index contributed by atoms with van der Waals surface area (Å²) >= 11 is 0. The molecule has 0 amide bonds. The fourth-order valence-corrected chi connectivity index (χ4v) is 4.03. The standard InChI is InChI=1S/C25H22F4N2O4/c1-12-25(2,34)24(33)21(29)23(35-12)14-8-9-30-11-13(14)10-19(32)18-7-6-17(28)22(31-18)20-15(26)4-3-5-16(20)27/h3-9,11-12,21,23-24,33-34H,10H2,1-2H3/t12-,21+,23+,24-,25-/m0/s1. The van der Waals surface area contributed by atoms with Crippen molar-refractivity contribution >= 4 is 5.78 Å². The Labute approximate surface area is 198 Å². The van der Waals surface area contributed by atoms with Gasteiger partial charge in [0.05, 0.1) is 11.7 Å². The molecule has 184 valence electrons. The summed E-state index contributed by atoms with van der Waals surface area (Å²) < 4.78 is 63.4. The third kappa shape index (κ3) is 4.56. The molecule has 3 aromatic rings. The highest BCUT2D eigenvalue weighted by Crippen LogP contribution is 2.40. The number of pyridine rings is 2. The first kappa shape index (κ1) is 24.9. The molecule has 0 spiro atoms. The molecule has 2 aromatic heterocycles. The van der Waals surface area contributed by atoms with Crippen LogP contribution in [0.2, 0.25) is 0 Å². The highest BCUT2D eigenvalue weighted by molar-refractivity contribution is 5.96. The molecule has 0 radical (unpaired) electrons. The Bertz CT molecular complexity index is 1250. The minimum atomic E-state index is -2.00. The SMILES string of the molecule is C[C@@H]1O[C@H](c2ccncc2CC(=O)c2ccc(F)c(-c3c(F)cccc3F)n2)[C@@H](F)[C@H](O)[C@@]1(C)O. The van der Waals surface area contributed by atoms with E-state index in [1.54, 1.807) is 0 Å². The van der Waals surface area contributed by atoms with Crippen molar-refractivity contribution in [1.29, 1.82) is 0 Å². The van der Waals surface area contributed by atoms with Crippen LogP contribution in [0.15, 0.2) is 48.8 Å². The second-order valence-electron chi connectivity index (χ2n) is 8.61. The van der Waals surface area contributed by atoms with Crippen LogP contribution in [0, 0.1) is 17.5 Å². The molecule has 1 aliphatic rings. The van der Waals surface area contributed by atoms with Crippen LogP contribution in [0.5, 0.6) is 0 Å². The Hall–Kier alpha value is -3.21. The molecule has 10 heteroatoms. The van der Waals surface area contributed by atoms with Crippen LogP contribution in [0.1, 0.15) is 41.6 Å². The van der Waals surface area contributed by atoms with E-state index < -0.39 is 64.6 Å². The summed E-state index contributed by atoms with van der Waals surface area (Å²) in [7, 11) is 0. The number of ketones is 1. The smallest absolute Gasteiger partial charge is 0.185 e. The fourth-order valence-electron chi connectivity index (χ4n) is 4.03. The summed E-state index contributed by atoms with van der Waals surface area (Å²) in [5, 5.41) is 20.6. The second kappa shape index (κ2) is 9.44. The number of halogens is 4. The highest BCUT2D eigenvalue weighted by atomic mass is 19.1. The van der Waals surface area contributed by atoms with E-state index in [0.717, 1.165) is 30.3 Å². The van der Waals surface area contributed by atoms with Crippen LogP contribution < -0.4 is 0 Å². The number of aromatic nitrogens is 2. The van der Waals surface area contributed by atoms with Gasteiger partial charge in [0.15, 0.2) is 12.0 Å². The van der Waals surface area contributed by atoms with Gasteiger partial charge < -0.3 is 14.9 Å². The van der Waals surface area contributed by atoms with Gasteiger partial charge in [-0.1, -0.05) is 6.07 Å². The van der Waals surface area contributed by atoms with Crippen molar-refractivity contribution < 1.29 is 37.3 Å². The molecule has 1 aliphatic heterocycles. The Morgan fingerprint density at radius 2 is 1.80 bits per heavy atom. The zero-order valence-electron chi connectivity index (χ0n) is 18.8. The number of ether oxygens (including phenoxy) is 1. The predicted molar refractivity (Wildman–Crippen MR) is 117 cm³/mol. The Morgan fingerprint density at radius 3 is 2.49 bits per heavy atom. The zero-order chi connectivity index (χ0) is 25.5. The minimum Gasteiger partial charge on any atom is -0.387 e. The number of alkyl halides is 1. The summed E-state index contributed by atoms with van der Waals surface area (Å²) in [5.41, 5.74) is -2.98. The largest absolute Gasteiger partial charge is 0.387 e. The van der Waals surface area contributed by atoms with Crippen LogP contribution in [-0.2, 0) is 11.2 Å². The molecule has 0 aliphatic carbocycles. The number of hydrogen-bond donors (Lipinski definition) is 2. The molecular formula is C25H22F4N2O4. The summed E-state index contributed by atoms with van der Waals surface area (Å²) in [5.74, 6) is -3.74. The number of carbonyl (C=O) groups excluding carboxylic acids is 1. The molecular weight excluding hydrogens is 468 g/mol. The third-order valence-corrected chi connectivity index (χ3v) is 6.29. The Morgan fingerprint density at radius 1 is 1.11 bits per heavy atom. The van der Waals surface area contributed by atoms with Gasteiger partial charge in [-0.2, -0.15) is 0 Å². The lowest BCUT2D eigenvalue weighted by molar-refractivity contribution is -0.245. The van der Waals surface area contributed by atoms with Crippen LogP contribution >= 0.6 is 0 Å². The average molecular weight is 490 g/mol. The lowest BCUT2D eigenvalue weighted by Gasteiger charge is -2.45. The molecule has 6 nitrogen and oxygen atoms in total. The molecule has 4 rings (SSSR count). The van der Waals surface area contributed by atoms with Gasteiger partial charge in [0.1, 0.15) is 46.6 Å². The van der Waals surface area contributed by atoms with Gasteiger partial charge in [0.2, 0.25) is 0 Å². The molecule has 0 saturated carbocycles. The van der Waals surface area contributed by atoms with E-state index in [1.165, 1.54) is 32.3 Å². The van der Waals surface area contributed by atoms with Crippen molar-refractivity contribution in [3.05, 3.63) is 83.1 Å². The van der Waals surface area contributed by atoms with E-state index in [-0.39, 0.29) is 23.2 Å². The summed E-state index contributed by atoms with van der Waals surface area (Å²) in [6, 6.07) is 6.40. The van der Waals surface area contributed by atoms with Crippen molar-refractivity contribution in [2.45, 2.75) is 50.4 Å². The number of rotatable bonds is 5. The maximum atomic E-state index is 15.0. The van der Waals surface area contributed by atoms with Gasteiger partial charge in [0, 0.05) is 18.8 Å². The van der Waals surface area contributed by atoms with Crippen molar-refractivity contribution in [1.82, 2.24) is 9.97 Å². The van der Waals surface area contributed by atoms with E-state index in [4.69, 9.17) is 4.74 Å². The summed E-state index contributed by atoms with van der Waals surface area (Å²) in [6.45, 7) is 2.75. The molecule has 35 heavy (non-hydrogen) atoms. The van der Waals surface area contributed by atoms with Crippen molar-refractivity contribution in [2.75, 3.05) is 0 Å². The van der Waals surface area contributed by atoms with Crippen molar-refractivity contribution in [2.24, 2.45) is 0 Å². The number of hydrogen-bond acceptors (Lipinski definition) is 6. The third-order valence-electron chi connectivity index (χ3n) is 6.29. The topological polar surface area (TPSA) is 92.5 Å². The fraction of sp³-hybridized carbons (Fsp3) is 0.320. The van der Waals surface area contributed by atoms with Gasteiger partial charge in [-0.05, 0) is 55.3 Å². The van der Waals surface area contributed by atoms with E-state index in [0.29, 0.717) is 0 Å². The number of Topliss-reactive ketones (excluding diaryl/α,β-unsaturated/α-hetero) is 1. The average Bonchev–Trinajstić information content (AvgIpc) is 2.82. The molecule has 1 fully saturated rings. The van der Waals surface area contributed by atoms with Crippen LogP contribution in [0.25, 0.3) is 11.3 Å². The molecule has 5 atom stereocenters. The molecule has 0 unspecified atom stereocenters. The number of carbonyl (C=O) groups is 1. The van der Waals surface area contributed by atoms with Gasteiger partial charge in [-0.3, -0.25) is 9.78 Å². The van der Waals surface area contributed by atoms with Gasteiger partial charge >= 0.3 is 0 Å². The quantitative estimate of drug-likeness (QED) is 0.417. The zero-order valence-corrected chi connectivity index (χ0v) is 18.8. The van der Waals surface area contributed by atoms with Crippen molar-refractivity contribution in [3.8, 4) is 11.3 Å². The molecule has 2 N–H and O–H groups in total. The normalized spacial score (nSPS) is 26.5. The number of nitrogens with zero attached hydrogens (tertiary/aromatic N) is 2. The monoisotopic (exact) mass is 490 g/mol. The van der Waals surface area contributed by atoms with E-state index in [2.05, 4.69) is 9.97 Å². The Kier molecular flexibility index (Phi) is 6.72. The maximum Gasteiger partial charge on any atom is 0.185 e. The maximum absolute atomic E-state index is 15.0. The lowest BCUT2D eigenvalue weighted by Crippen LogP contribution is -2.59. The van der Waals surface area contributed by atoms with E-state index in [9.17, 15) is 28.2 Å². The number of benzene rings is 1. The number of aliphatic hydroxyl groups excluding tert-OH is 1. The lowest BCUT2D eigenvalue weighted by atomic mass is 9.82. The van der Waals surface area contributed by atoms with Gasteiger partial charge in [0.25, 0.3) is 0 Å². The number of aliphatic hydroxyl groups is 2. The highest BCUT2D eigenvalue weighted by Gasteiger charge is 2.51. The van der Waals surface area contributed by atoms with Crippen LogP contribution in [0.3, 0.4) is 0 Å². The van der Waals surface area contributed by atoms with Gasteiger partial charge in [-0.15, -0.1) is 0 Å². The molecule has 3 heterocycles. The molecule has 0 bridgehead atoms. The summed E-state index contributed by atoms with van der Waals surface area (Å²) in [6.07, 6.45) is -3.67. The van der Waals surface area contributed by atoms with E-state index >= 15 is 4.39 Å². The van der Waals surface area contributed by atoms with Crippen LogP contribution in [0.4, 0.5) is 17.6 Å². The van der Waals surface area contributed by atoms with Crippen LogP contribution in [-0.4, -0.2) is 49.9 Å². The molecule has 1 saturated heterocycles. The minimum absolute atomic E-state index is 0.227. The first-order chi connectivity index (χ1) is 16.5. The first-order valence-electron chi connectivity index (χ1n) is 10.8. The Balaban J connectivity index is 1.66. The summed E-state index contributed by atoms with van der Waals surface area (Å²) in [4.78, 5) is 20.8.